The second-order valence-corrected chi connectivity index (χ2v) is 11.4. The molecule has 0 spiro atoms. The number of carbonyl (C=O) groups is 1. The molecule has 1 N–H and O–H groups in total. The summed E-state index contributed by atoms with van der Waals surface area (Å²) in [7, 11) is 0. The van der Waals surface area contributed by atoms with Gasteiger partial charge in [0, 0.05) is 47.5 Å². The number of aromatic nitrogens is 2. The van der Waals surface area contributed by atoms with Crippen LogP contribution in [-0.2, 0) is 19.4 Å². The molecule has 3 aromatic rings. The Morgan fingerprint density at radius 3 is 2.47 bits per heavy atom. The zero-order chi connectivity index (χ0) is 26.5. The Morgan fingerprint density at radius 1 is 1.03 bits per heavy atom. The number of halogens is 2. The number of rotatable bonds is 9. The number of fused-ring (bicyclic) bond motifs is 1. The van der Waals surface area contributed by atoms with Gasteiger partial charge in [-0.15, -0.1) is 12.4 Å². The average Bonchev–Trinajstić information content (AvgIpc) is 3.05. The topological polar surface area (TPSA) is 59.4 Å². The molecule has 6 nitrogen and oxygen atoms in total. The van der Waals surface area contributed by atoms with Crippen molar-refractivity contribution >= 4 is 35.7 Å². The van der Waals surface area contributed by atoms with Gasteiger partial charge in [0.2, 0.25) is 0 Å². The van der Waals surface area contributed by atoms with Crippen LogP contribution in [0.5, 0.6) is 5.75 Å². The second-order valence-electron chi connectivity index (χ2n) is 10.9. The summed E-state index contributed by atoms with van der Waals surface area (Å²) in [4.78, 5) is 15.6. The molecule has 0 bridgehead atoms. The van der Waals surface area contributed by atoms with Gasteiger partial charge in [-0.2, -0.15) is 5.10 Å². The van der Waals surface area contributed by atoms with E-state index >= 15 is 0 Å². The fraction of sp³-hybridized carbons (Fsp3) is 0.467. The quantitative estimate of drug-likeness (QED) is 0.319. The van der Waals surface area contributed by atoms with Crippen molar-refractivity contribution in [3.05, 3.63) is 75.4 Å². The SMILES string of the molecule is Cc1cc(NC(=O)c2ccc3c(c2)CCN(CC(C)C)CC3)nn1Cc1cc(Cl)ccc1OCC(C)C.Cl. The monoisotopic (exact) mass is 558 g/mol. The fourth-order valence-corrected chi connectivity index (χ4v) is 4.96. The third-order valence-corrected chi connectivity index (χ3v) is 6.86. The van der Waals surface area contributed by atoms with Crippen LogP contribution in [0.1, 0.15) is 60.4 Å². The van der Waals surface area contributed by atoms with Gasteiger partial charge in [0.15, 0.2) is 5.82 Å². The highest BCUT2D eigenvalue weighted by Gasteiger charge is 2.18. The van der Waals surface area contributed by atoms with Crippen LogP contribution in [0.3, 0.4) is 0 Å². The number of amides is 1. The van der Waals surface area contributed by atoms with Gasteiger partial charge in [0.25, 0.3) is 5.91 Å². The van der Waals surface area contributed by atoms with E-state index in [2.05, 4.69) is 55.1 Å². The molecule has 206 valence electrons. The molecule has 0 radical (unpaired) electrons. The van der Waals surface area contributed by atoms with Gasteiger partial charge in [-0.25, -0.2) is 0 Å². The molecular formula is C30H40Cl2N4O2. The van der Waals surface area contributed by atoms with Crippen molar-refractivity contribution in [1.29, 1.82) is 0 Å². The van der Waals surface area contributed by atoms with Crippen molar-refractivity contribution in [3.8, 4) is 5.75 Å². The number of nitrogens with zero attached hydrogens (tertiary/aromatic N) is 3. The second kappa shape index (κ2) is 13.5. The third-order valence-electron chi connectivity index (χ3n) is 6.62. The molecule has 1 amide bonds. The van der Waals surface area contributed by atoms with Crippen LogP contribution in [-0.4, -0.2) is 46.8 Å². The molecule has 0 saturated heterocycles. The maximum absolute atomic E-state index is 13.1. The van der Waals surface area contributed by atoms with Crippen molar-refractivity contribution in [2.24, 2.45) is 11.8 Å². The Morgan fingerprint density at radius 2 is 1.76 bits per heavy atom. The minimum Gasteiger partial charge on any atom is -0.493 e. The Kier molecular flexibility index (Phi) is 10.7. The van der Waals surface area contributed by atoms with Crippen LogP contribution in [0.2, 0.25) is 5.02 Å². The average molecular weight is 560 g/mol. The summed E-state index contributed by atoms with van der Waals surface area (Å²) < 4.78 is 7.87. The largest absolute Gasteiger partial charge is 0.493 e. The third kappa shape index (κ3) is 7.98. The number of ether oxygens (including phenoxy) is 1. The molecule has 4 rings (SSSR count). The molecule has 0 atom stereocenters. The van der Waals surface area contributed by atoms with Gasteiger partial charge in [0.1, 0.15) is 5.75 Å². The van der Waals surface area contributed by atoms with Crippen molar-refractivity contribution < 1.29 is 9.53 Å². The molecule has 2 heterocycles. The molecule has 1 aliphatic rings. The Bertz CT molecular complexity index is 1240. The number of benzene rings is 2. The first-order valence-corrected chi connectivity index (χ1v) is 13.7. The maximum Gasteiger partial charge on any atom is 0.256 e. The van der Waals surface area contributed by atoms with Crippen LogP contribution in [0.4, 0.5) is 5.82 Å². The zero-order valence-corrected chi connectivity index (χ0v) is 24.7. The van der Waals surface area contributed by atoms with E-state index in [0.717, 1.165) is 49.5 Å². The number of hydrogen-bond acceptors (Lipinski definition) is 4. The predicted octanol–water partition coefficient (Wildman–Crippen LogP) is 6.66. The molecule has 38 heavy (non-hydrogen) atoms. The number of anilines is 1. The molecular weight excluding hydrogens is 519 g/mol. The molecule has 0 unspecified atom stereocenters. The summed E-state index contributed by atoms with van der Waals surface area (Å²) in [6, 6.07) is 13.6. The van der Waals surface area contributed by atoms with Crippen molar-refractivity contribution in [1.82, 2.24) is 14.7 Å². The van der Waals surface area contributed by atoms with Crippen molar-refractivity contribution in [2.45, 2.75) is 54.0 Å². The molecule has 1 aromatic heterocycles. The number of hydrogen-bond donors (Lipinski definition) is 1. The lowest BCUT2D eigenvalue weighted by molar-refractivity contribution is 0.102. The first kappa shape index (κ1) is 30.0. The summed E-state index contributed by atoms with van der Waals surface area (Å²) in [5, 5.41) is 8.30. The van der Waals surface area contributed by atoms with E-state index in [1.165, 1.54) is 11.1 Å². The fourth-order valence-electron chi connectivity index (χ4n) is 4.76. The molecule has 1 aliphatic heterocycles. The maximum atomic E-state index is 13.1. The highest BCUT2D eigenvalue weighted by molar-refractivity contribution is 6.30. The highest BCUT2D eigenvalue weighted by Crippen LogP contribution is 2.26. The summed E-state index contributed by atoms with van der Waals surface area (Å²) in [6.07, 6.45) is 2.00. The van der Waals surface area contributed by atoms with Crippen LogP contribution >= 0.6 is 24.0 Å². The van der Waals surface area contributed by atoms with E-state index in [9.17, 15) is 4.79 Å². The van der Waals surface area contributed by atoms with Crippen molar-refractivity contribution in [3.63, 3.8) is 0 Å². The molecule has 8 heteroatoms. The van der Waals surface area contributed by atoms with E-state index in [4.69, 9.17) is 16.3 Å². The number of nitrogens with one attached hydrogen (secondary N) is 1. The minimum atomic E-state index is -0.139. The molecule has 0 fully saturated rings. The Hall–Kier alpha value is -2.54. The van der Waals surface area contributed by atoms with E-state index < -0.39 is 0 Å². The number of aryl methyl sites for hydroxylation is 1. The van der Waals surface area contributed by atoms with Crippen LogP contribution in [0.25, 0.3) is 0 Å². The number of carbonyl (C=O) groups excluding carboxylic acids is 1. The van der Waals surface area contributed by atoms with Gasteiger partial charge in [0.05, 0.1) is 13.2 Å². The van der Waals surface area contributed by atoms with Gasteiger partial charge in [-0.3, -0.25) is 9.48 Å². The normalized spacial score (nSPS) is 13.7. The van der Waals surface area contributed by atoms with Gasteiger partial charge in [-0.05, 0) is 73.1 Å². The predicted molar refractivity (Wildman–Crippen MR) is 158 cm³/mol. The first-order chi connectivity index (χ1) is 17.7. The van der Waals surface area contributed by atoms with Crippen LogP contribution < -0.4 is 10.1 Å². The lowest BCUT2D eigenvalue weighted by Gasteiger charge is -2.21. The van der Waals surface area contributed by atoms with E-state index in [0.29, 0.717) is 41.4 Å². The Balaban J connectivity index is 0.00000400. The van der Waals surface area contributed by atoms with E-state index in [1.54, 1.807) is 0 Å². The first-order valence-electron chi connectivity index (χ1n) is 13.3. The van der Waals surface area contributed by atoms with E-state index in [1.807, 2.05) is 41.9 Å². The van der Waals surface area contributed by atoms with Crippen LogP contribution in [0.15, 0.2) is 42.5 Å². The summed E-state index contributed by atoms with van der Waals surface area (Å²) in [5.41, 5.74) is 5.18. The van der Waals surface area contributed by atoms with Gasteiger partial charge in [-0.1, -0.05) is 45.4 Å². The van der Waals surface area contributed by atoms with Crippen molar-refractivity contribution in [2.75, 3.05) is 31.6 Å². The molecule has 0 saturated carbocycles. The smallest absolute Gasteiger partial charge is 0.256 e. The lowest BCUT2D eigenvalue weighted by atomic mass is 10.00. The highest BCUT2D eigenvalue weighted by atomic mass is 35.5. The molecule has 2 aromatic carbocycles. The molecule has 0 aliphatic carbocycles. The van der Waals surface area contributed by atoms with E-state index in [-0.39, 0.29) is 18.3 Å². The standard InChI is InChI=1S/C30H39ClN4O2.ClH/c1-20(2)17-34-12-10-23-6-7-25(15-24(23)11-13-34)30(36)32-29-14-22(5)35(33-29)18-26-16-27(31)8-9-28(26)37-19-21(3)4;/h6-9,14-16,20-21H,10-13,17-19H2,1-5H3,(H,32,33,36);1H. The van der Waals surface area contributed by atoms with Gasteiger partial charge < -0.3 is 15.0 Å². The zero-order valence-electron chi connectivity index (χ0n) is 23.1. The van der Waals surface area contributed by atoms with Gasteiger partial charge >= 0.3 is 0 Å². The minimum absolute atomic E-state index is 0. The Labute approximate surface area is 238 Å². The summed E-state index contributed by atoms with van der Waals surface area (Å²) in [5.74, 6) is 2.27. The summed E-state index contributed by atoms with van der Waals surface area (Å²) >= 11 is 6.27. The lowest BCUT2D eigenvalue weighted by Crippen LogP contribution is -2.30. The summed E-state index contributed by atoms with van der Waals surface area (Å²) in [6.45, 7) is 15.1. The van der Waals surface area contributed by atoms with Crippen LogP contribution in [0, 0.1) is 18.8 Å².